The number of aliphatic hydroxyl groups is 1. The second kappa shape index (κ2) is 5.44. The fourth-order valence-electron chi connectivity index (χ4n) is 10.5. The highest BCUT2D eigenvalue weighted by atomic mass is 16.6. The summed E-state index contributed by atoms with van der Waals surface area (Å²) in [5.41, 5.74) is 0.371. The van der Waals surface area contributed by atoms with Crippen LogP contribution in [0.15, 0.2) is 0 Å². The Labute approximate surface area is 170 Å². The van der Waals surface area contributed by atoms with Gasteiger partial charge in [-0.1, -0.05) is 26.7 Å². The van der Waals surface area contributed by atoms with Crippen LogP contribution in [-0.4, -0.2) is 28.7 Å². The summed E-state index contributed by atoms with van der Waals surface area (Å²) in [6.45, 7) is 6.93. The molecule has 1 spiro atoms. The molecule has 1 heterocycles. The van der Waals surface area contributed by atoms with E-state index in [0.717, 1.165) is 37.5 Å². The van der Waals surface area contributed by atoms with E-state index in [-0.39, 0.29) is 27.9 Å². The number of hydrogen-bond donors (Lipinski definition) is 1. The predicted molar refractivity (Wildman–Crippen MR) is 108 cm³/mol. The molecule has 10 atom stereocenters. The van der Waals surface area contributed by atoms with E-state index in [1.54, 1.807) is 0 Å². The molecule has 6 aliphatic rings. The molecule has 0 aromatic heterocycles. The Hall–Kier alpha value is -0.410. The predicted octanol–water partition coefficient (Wildman–Crippen LogP) is 4.90. The fraction of sp³-hybridized carbons (Fsp3) is 0.960. The summed E-state index contributed by atoms with van der Waals surface area (Å²) in [6, 6.07) is 0. The van der Waals surface area contributed by atoms with E-state index >= 15 is 0 Å². The van der Waals surface area contributed by atoms with Crippen LogP contribution < -0.4 is 0 Å². The zero-order chi connectivity index (χ0) is 19.5. The number of Topliss-reactive ketones (excluding diaryl/α,β-unsaturated/α-hetero) is 1. The molecule has 0 aromatic carbocycles. The highest BCUT2D eigenvalue weighted by Crippen LogP contribution is 2.77. The molecule has 0 radical (unpaired) electrons. The SMILES string of the molecule is CC(=O)[C@@]12CCCC[C@@H]1C[C@H]1[C@@H]3C[C@H]4O[C@]45C[C@@H](O)CC[C@]5(C)[C@H]3CC[C@]12C. The van der Waals surface area contributed by atoms with Crippen molar-refractivity contribution < 1.29 is 14.6 Å². The van der Waals surface area contributed by atoms with Crippen molar-refractivity contribution in [3.8, 4) is 0 Å². The van der Waals surface area contributed by atoms with E-state index in [1.807, 2.05) is 6.92 Å². The van der Waals surface area contributed by atoms with Crippen LogP contribution in [0.5, 0.6) is 0 Å². The molecule has 0 bridgehead atoms. The average molecular weight is 387 g/mol. The Morgan fingerprint density at radius 1 is 0.964 bits per heavy atom. The van der Waals surface area contributed by atoms with Gasteiger partial charge in [0, 0.05) is 17.3 Å². The summed E-state index contributed by atoms with van der Waals surface area (Å²) < 4.78 is 6.48. The minimum Gasteiger partial charge on any atom is -0.393 e. The summed E-state index contributed by atoms with van der Waals surface area (Å²) >= 11 is 0. The number of carbonyl (C=O) groups excluding carboxylic acids is 1. The zero-order valence-corrected chi connectivity index (χ0v) is 18.0. The fourth-order valence-corrected chi connectivity index (χ4v) is 10.5. The largest absolute Gasteiger partial charge is 0.393 e. The van der Waals surface area contributed by atoms with Gasteiger partial charge in [-0.3, -0.25) is 4.79 Å². The average Bonchev–Trinajstić information content (AvgIpc) is 3.27. The van der Waals surface area contributed by atoms with Crippen LogP contribution in [0, 0.1) is 39.9 Å². The molecule has 156 valence electrons. The molecule has 1 aliphatic heterocycles. The number of epoxide rings is 1. The smallest absolute Gasteiger partial charge is 0.136 e. The van der Waals surface area contributed by atoms with Crippen molar-refractivity contribution in [3.05, 3.63) is 0 Å². The Bertz CT molecular complexity index is 719. The minimum atomic E-state index is -0.168. The molecule has 5 saturated carbocycles. The summed E-state index contributed by atoms with van der Waals surface area (Å²) in [7, 11) is 0. The lowest BCUT2D eigenvalue weighted by atomic mass is 9.42. The molecular formula is C25H38O3. The summed E-state index contributed by atoms with van der Waals surface area (Å²) in [5.74, 6) is 3.27. The van der Waals surface area contributed by atoms with E-state index < -0.39 is 0 Å². The van der Waals surface area contributed by atoms with Gasteiger partial charge in [0.25, 0.3) is 0 Å². The van der Waals surface area contributed by atoms with Crippen molar-refractivity contribution in [2.75, 3.05) is 0 Å². The molecule has 0 amide bonds. The summed E-state index contributed by atoms with van der Waals surface area (Å²) in [4.78, 5) is 13.2. The lowest BCUT2D eigenvalue weighted by molar-refractivity contribution is -0.154. The molecule has 28 heavy (non-hydrogen) atoms. The number of ketones is 1. The number of fused-ring (bicyclic) bond motifs is 6. The van der Waals surface area contributed by atoms with Gasteiger partial charge in [0.2, 0.25) is 0 Å². The molecule has 1 saturated heterocycles. The molecular weight excluding hydrogens is 348 g/mol. The Morgan fingerprint density at radius 2 is 1.75 bits per heavy atom. The van der Waals surface area contributed by atoms with Gasteiger partial charge in [-0.25, -0.2) is 0 Å². The number of hydrogen-bond acceptors (Lipinski definition) is 3. The quantitative estimate of drug-likeness (QED) is 0.652. The van der Waals surface area contributed by atoms with Crippen LogP contribution in [0.25, 0.3) is 0 Å². The first-order valence-corrected chi connectivity index (χ1v) is 12.2. The normalized spacial score (nSPS) is 62.0. The van der Waals surface area contributed by atoms with Gasteiger partial charge in [-0.05, 0) is 87.4 Å². The van der Waals surface area contributed by atoms with Crippen LogP contribution in [-0.2, 0) is 9.53 Å². The monoisotopic (exact) mass is 386 g/mol. The van der Waals surface area contributed by atoms with Crippen LogP contribution >= 0.6 is 0 Å². The van der Waals surface area contributed by atoms with Crippen LogP contribution in [0.4, 0.5) is 0 Å². The first-order valence-electron chi connectivity index (χ1n) is 12.2. The maximum atomic E-state index is 13.2. The third-order valence-electron chi connectivity index (χ3n) is 11.7. The van der Waals surface area contributed by atoms with Crippen molar-refractivity contribution in [2.45, 2.75) is 109 Å². The summed E-state index contributed by atoms with van der Waals surface area (Å²) in [6.07, 6.45) is 13.1. The van der Waals surface area contributed by atoms with E-state index in [9.17, 15) is 9.90 Å². The molecule has 5 aliphatic carbocycles. The maximum Gasteiger partial charge on any atom is 0.136 e. The Kier molecular flexibility index (Phi) is 3.57. The Morgan fingerprint density at radius 3 is 2.54 bits per heavy atom. The van der Waals surface area contributed by atoms with E-state index in [2.05, 4.69) is 13.8 Å². The molecule has 3 nitrogen and oxygen atoms in total. The zero-order valence-electron chi connectivity index (χ0n) is 18.0. The van der Waals surface area contributed by atoms with E-state index in [1.165, 1.54) is 44.9 Å². The van der Waals surface area contributed by atoms with Gasteiger partial charge in [-0.15, -0.1) is 0 Å². The minimum absolute atomic E-state index is 0.0246. The molecule has 6 rings (SSSR count). The number of aliphatic hydroxyl groups excluding tert-OH is 1. The second-order valence-electron chi connectivity index (χ2n) is 12.1. The highest BCUT2D eigenvalue weighted by molar-refractivity contribution is 5.84. The molecule has 6 fully saturated rings. The molecule has 0 aromatic rings. The number of ether oxygens (including phenoxy) is 1. The van der Waals surface area contributed by atoms with Crippen molar-refractivity contribution in [2.24, 2.45) is 39.9 Å². The lowest BCUT2D eigenvalue weighted by Crippen LogP contribution is -2.60. The van der Waals surface area contributed by atoms with Gasteiger partial charge >= 0.3 is 0 Å². The lowest BCUT2D eigenvalue weighted by Gasteiger charge is -2.61. The molecule has 3 heteroatoms. The Balaban J connectivity index is 1.40. The van der Waals surface area contributed by atoms with Crippen LogP contribution in [0.3, 0.4) is 0 Å². The van der Waals surface area contributed by atoms with Crippen molar-refractivity contribution in [1.82, 2.24) is 0 Å². The molecule has 0 unspecified atom stereocenters. The topological polar surface area (TPSA) is 49.8 Å². The standard InChI is InChI=1S/C25H38O3/c1-15(26)24-9-5-4-6-16(24)12-20-18-13-21-25(28-21)14-17(27)7-10-23(25,3)19(18)8-11-22(20,24)2/h16-21,27H,4-14H2,1-3H3/t16-,17+,18-,19+,20+,21-,22-,23-,24+,25-/m1/s1. The van der Waals surface area contributed by atoms with Gasteiger partial charge < -0.3 is 9.84 Å². The van der Waals surface area contributed by atoms with Crippen LogP contribution in [0.2, 0.25) is 0 Å². The van der Waals surface area contributed by atoms with Gasteiger partial charge in [-0.2, -0.15) is 0 Å². The second-order valence-corrected chi connectivity index (χ2v) is 12.1. The number of rotatable bonds is 1. The van der Waals surface area contributed by atoms with E-state index in [4.69, 9.17) is 4.74 Å². The van der Waals surface area contributed by atoms with Crippen molar-refractivity contribution >= 4 is 5.78 Å². The van der Waals surface area contributed by atoms with Crippen molar-refractivity contribution in [1.29, 1.82) is 0 Å². The van der Waals surface area contributed by atoms with E-state index in [0.29, 0.717) is 23.7 Å². The first-order chi connectivity index (χ1) is 13.3. The van der Waals surface area contributed by atoms with Gasteiger partial charge in [0.1, 0.15) is 11.4 Å². The number of carbonyl (C=O) groups is 1. The third-order valence-corrected chi connectivity index (χ3v) is 11.7. The van der Waals surface area contributed by atoms with Gasteiger partial charge in [0.05, 0.1) is 12.2 Å². The van der Waals surface area contributed by atoms with Crippen LogP contribution in [0.1, 0.15) is 91.4 Å². The molecule has 1 N–H and O–H groups in total. The van der Waals surface area contributed by atoms with Crippen molar-refractivity contribution in [3.63, 3.8) is 0 Å². The summed E-state index contributed by atoms with van der Waals surface area (Å²) in [5, 5.41) is 10.4. The highest BCUT2D eigenvalue weighted by Gasteiger charge is 2.77. The van der Waals surface area contributed by atoms with Gasteiger partial charge in [0.15, 0.2) is 0 Å². The maximum absolute atomic E-state index is 13.2. The third kappa shape index (κ3) is 1.84. The first kappa shape index (κ1) is 18.4.